The molecule has 0 aliphatic heterocycles. The molecule has 5 heteroatoms. The second-order valence-electron chi connectivity index (χ2n) is 3.71. The maximum absolute atomic E-state index is 13.6. The molecule has 1 heterocycles. The number of aromatic nitrogens is 1. The third-order valence-electron chi connectivity index (χ3n) is 2.39. The van der Waals surface area contributed by atoms with Gasteiger partial charge in [0.05, 0.1) is 0 Å². The predicted octanol–water partition coefficient (Wildman–Crippen LogP) is 3.88. The van der Waals surface area contributed by atoms with Gasteiger partial charge in [-0.3, -0.25) is 4.79 Å². The lowest BCUT2D eigenvalue weighted by molar-refractivity contribution is 0.101. The summed E-state index contributed by atoms with van der Waals surface area (Å²) in [4.78, 5) is 15.0. The van der Waals surface area contributed by atoms with Crippen molar-refractivity contribution in [3.63, 3.8) is 0 Å². The quantitative estimate of drug-likeness (QED) is 0.773. The van der Waals surface area contributed by atoms with Crippen LogP contribution >= 0.6 is 11.6 Å². The van der Waals surface area contributed by atoms with Gasteiger partial charge in [-0.15, -0.1) is 0 Å². The summed E-state index contributed by atoms with van der Waals surface area (Å²) in [5.41, 5.74) is 0.0506. The van der Waals surface area contributed by atoms with E-state index < -0.39 is 17.4 Å². The minimum Gasteiger partial charge on any atom is -0.293 e. The maximum atomic E-state index is 13.6. The van der Waals surface area contributed by atoms with Crippen molar-refractivity contribution in [3.8, 4) is 11.3 Å². The molecule has 2 nitrogen and oxygen atoms in total. The van der Waals surface area contributed by atoms with Gasteiger partial charge >= 0.3 is 0 Å². The Hall–Kier alpha value is -1.81. The number of ketones is 1. The SMILES string of the molecule is CC(=O)c1cc(F)c(F)c(-c2ccc(Cl)cc2)n1. The molecule has 0 radical (unpaired) electrons. The molecular weight excluding hydrogens is 260 g/mol. The van der Waals surface area contributed by atoms with Crippen molar-refractivity contribution >= 4 is 17.4 Å². The average molecular weight is 268 g/mol. The number of hydrogen-bond donors (Lipinski definition) is 0. The average Bonchev–Trinajstić information content (AvgIpc) is 2.33. The van der Waals surface area contributed by atoms with E-state index in [0.29, 0.717) is 10.6 Å². The van der Waals surface area contributed by atoms with E-state index in [4.69, 9.17) is 11.6 Å². The third kappa shape index (κ3) is 2.38. The molecular formula is C13H8ClF2NO. The number of rotatable bonds is 2. The van der Waals surface area contributed by atoms with Crippen LogP contribution in [0.2, 0.25) is 5.02 Å². The van der Waals surface area contributed by atoms with Crippen LogP contribution in [-0.4, -0.2) is 10.8 Å². The first-order valence-corrected chi connectivity index (χ1v) is 5.49. The summed E-state index contributed by atoms with van der Waals surface area (Å²) in [5.74, 6) is -2.61. The van der Waals surface area contributed by atoms with E-state index in [1.807, 2.05) is 0 Å². The molecule has 0 spiro atoms. The summed E-state index contributed by atoms with van der Waals surface area (Å²) in [6.45, 7) is 1.24. The van der Waals surface area contributed by atoms with Gasteiger partial charge in [0.2, 0.25) is 0 Å². The highest BCUT2D eigenvalue weighted by molar-refractivity contribution is 6.30. The van der Waals surface area contributed by atoms with Crippen LogP contribution in [0.25, 0.3) is 11.3 Å². The van der Waals surface area contributed by atoms with E-state index in [1.165, 1.54) is 31.2 Å². The predicted molar refractivity (Wildman–Crippen MR) is 64.6 cm³/mol. The molecule has 0 aliphatic rings. The minimum atomic E-state index is -1.10. The van der Waals surface area contributed by atoms with Crippen LogP contribution in [0, 0.1) is 11.6 Å². The van der Waals surface area contributed by atoms with Crippen molar-refractivity contribution in [2.45, 2.75) is 6.92 Å². The molecule has 0 fully saturated rings. The molecule has 2 aromatic rings. The van der Waals surface area contributed by atoms with E-state index in [2.05, 4.69) is 4.98 Å². The van der Waals surface area contributed by atoms with Crippen molar-refractivity contribution in [3.05, 3.63) is 52.7 Å². The number of pyridine rings is 1. The van der Waals surface area contributed by atoms with Gasteiger partial charge in [-0.2, -0.15) is 0 Å². The van der Waals surface area contributed by atoms with Gasteiger partial charge in [-0.05, 0) is 12.1 Å². The van der Waals surface area contributed by atoms with E-state index >= 15 is 0 Å². The van der Waals surface area contributed by atoms with Gasteiger partial charge < -0.3 is 0 Å². The normalized spacial score (nSPS) is 10.4. The van der Waals surface area contributed by atoms with Crippen molar-refractivity contribution in [1.29, 1.82) is 0 Å². The highest BCUT2D eigenvalue weighted by Crippen LogP contribution is 2.24. The van der Waals surface area contributed by atoms with Gasteiger partial charge in [0, 0.05) is 23.6 Å². The molecule has 0 N–H and O–H groups in total. The second-order valence-corrected chi connectivity index (χ2v) is 4.15. The smallest absolute Gasteiger partial charge is 0.185 e. The number of Topliss-reactive ketones (excluding diaryl/α,β-unsaturated/α-hetero) is 1. The first kappa shape index (κ1) is 12.6. The van der Waals surface area contributed by atoms with Gasteiger partial charge in [0.1, 0.15) is 11.4 Å². The molecule has 0 atom stereocenters. The fourth-order valence-corrected chi connectivity index (χ4v) is 1.60. The topological polar surface area (TPSA) is 30.0 Å². The van der Waals surface area contributed by atoms with E-state index in [-0.39, 0.29) is 11.4 Å². The number of nitrogens with zero attached hydrogens (tertiary/aromatic N) is 1. The Morgan fingerprint density at radius 1 is 1.22 bits per heavy atom. The van der Waals surface area contributed by atoms with Crippen LogP contribution in [0.3, 0.4) is 0 Å². The van der Waals surface area contributed by atoms with Crippen molar-refractivity contribution in [2.24, 2.45) is 0 Å². The molecule has 0 saturated heterocycles. The van der Waals surface area contributed by atoms with Gasteiger partial charge in [0.15, 0.2) is 17.4 Å². The fraction of sp³-hybridized carbons (Fsp3) is 0.0769. The van der Waals surface area contributed by atoms with Crippen LogP contribution in [0.4, 0.5) is 8.78 Å². The molecule has 1 aromatic carbocycles. The number of benzene rings is 1. The minimum absolute atomic E-state index is 0.112. The van der Waals surface area contributed by atoms with E-state index in [9.17, 15) is 13.6 Å². The van der Waals surface area contributed by atoms with Crippen molar-refractivity contribution < 1.29 is 13.6 Å². The summed E-state index contributed by atoms with van der Waals surface area (Å²) >= 11 is 5.71. The Kier molecular flexibility index (Phi) is 3.39. The zero-order valence-electron chi connectivity index (χ0n) is 9.38. The summed E-state index contributed by atoms with van der Waals surface area (Å²) in [6.07, 6.45) is 0. The first-order chi connectivity index (χ1) is 8.49. The summed E-state index contributed by atoms with van der Waals surface area (Å²) in [6, 6.07) is 6.89. The summed E-state index contributed by atoms with van der Waals surface area (Å²) in [5, 5.41) is 0.474. The Bertz CT molecular complexity index is 611. The van der Waals surface area contributed by atoms with Gasteiger partial charge in [-0.25, -0.2) is 13.8 Å². The van der Waals surface area contributed by atoms with Crippen LogP contribution in [-0.2, 0) is 0 Å². The lowest BCUT2D eigenvalue weighted by atomic mass is 10.1. The van der Waals surface area contributed by atoms with Crippen LogP contribution in [0.1, 0.15) is 17.4 Å². The zero-order valence-corrected chi connectivity index (χ0v) is 10.1. The number of halogens is 3. The standard InChI is InChI=1S/C13H8ClF2NO/c1-7(18)11-6-10(15)12(16)13(17-11)8-2-4-9(14)5-3-8/h2-6H,1H3. The van der Waals surface area contributed by atoms with Gasteiger partial charge in [0.25, 0.3) is 0 Å². The molecule has 2 rings (SSSR count). The number of hydrogen-bond acceptors (Lipinski definition) is 2. The zero-order chi connectivity index (χ0) is 13.3. The van der Waals surface area contributed by atoms with Crippen LogP contribution in [0.15, 0.2) is 30.3 Å². The lowest BCUT2D eigenvalue weighted by Crippen LogP contribution is -2.03. The molecule has 0 bridgehead atoms. The van der Waals surface area contributed by atoms with Gasteiger partial charge in [-0.1, -0.05) is 23.7 Å². The molecule has 0 unspecified atom stereocenters. The monoisotopic (exact) mass is 267 g/mol. The van der Waals surface area contributed by atoms with Crippen LogP contribution < -0.4 is 0 Å². The second kappa shape index (κ2) is 4.82. The summed E-state index contributed by atoms with van der Waals surface area (Å²) in [7, 11) is 0. The number of carbonyl (C=O) groups is 1. The Balaban J connectivity index is 2.62. The lowest BCUT2D eigenvalue weighted by Gasteiger charge is -2.05. The van der Waals surface area contributed by atoms with Crippen LogP contribution in [0.5, 0.6) is 0 Å². The first-order valence-electron chi connectivity index (χ1n) is 5.12. The highest BCUT2D eigenvalue weighted by atomic mass is 35.5. The fourth-order valence-electron chi connectivity index (χ4n) is 1.48. The third-order valence-corrected chi connectivity index (χ3v) is 2.64. The molecule has 18 heavy (non-hydrogen) atoms. The molecule has 0 amide bonds. The summed E-state index contributed by atoms with van der Waals surface area (Å²) < 4.78 is 27.0. The molecule has 1 aromatic heterocycles. The molecule has 0 saturated carbocycles. The Labute approximate surface area is 107 Å². The Morgan fingerprint density at radius 2 is 1.83 bits per heavy atom. The maximum Gasteiger partial charge on any atom is 0.185 e. The largest absolute Gasteiger partial charge is 0.293 e. The number of carbonyl (C=O) groups excluding carboxylic acids is 1. The van der Waals surface area contributed by atoms with E-state index in [0.717, 1.165) is 6.07 Å². The van der Waals surface area contributed by atoms with Crippen molar-refractivity contribution in [1.82, 2.24) is 4.98 Å². The van der Waals surface area contributed by atoms with Crippen molar-refractivity contribution in [2.75, 3.05) is 0 Å². The van der Waals surface area contributed by atoms with E-state index in [1.54, 1.807) is 0 Å². The highest BCUT2D eigenvalue weighted by Gasteiger charge is 2.16. The molecule has 0 aliphatic carbocycles. The Morgan fingerprint density at radius 3 is 2.39 bits per heavy atom. The molecule has 92 valence electrons.